The Hall–Kier alpha value is -3.06. The number of anilines is 1. The topological polar surface area (TPSA) is 88.1 Å². The van der Waals surface area contributed by atoms with E-state index in [0.29, 0.717) is 44.4 Å². The van der Waals surface area contributed by atoms with Gasteiger partial charge in [-0.25, -0.2) is 9.59 Å². The summed E-state index contributed by atoms with van der Waals surface area (Å²) in [5.41, 5.74) is 2.71. The van der Waals surface area contributed by atoms with Gasteiger partial charge < -0.3 is 24.8 Å². The molecule has 2 N–H and O–H groups in total. The molecule has 0 heterocycles. The Balaban J connectivity index is 2.00. The van der Waals surface area contributed by atoms with Crippen molar-refractivity contribution in [1.82, 2.24) is 4.90 Å². The second kappa shape index (κ2) is 15.8. The van der Waals surface area contributed by atoms with Crippen LogP contribution in [0.3, 0.4) is 0 Å². The molecule has 0 radical (unpaired) electrons. The summed E-state index contributed by atoms with van der Waals surface area (Å²) in [7, 11) is 0. The minimum atomic E-state index is -0.967. The van der Waals surface area contributed by atoms with Crippen LogP contribution in [0.1, 0.15) is 57.6 Å². The zero-order chi connectivity index (χ0) is 26.3. The second-order valence-electron chi connectivity index (χ2n) is 9.11. The van der Waals surface area contributed by atoms with Gasteiger partial charge in [-0.3, -0.25) is 0 Å². The number of carboxylic acid groups (broad SMARTS) is 1. The number of hydrogen-bond donors (Lipinski definition) is 2. The van der Waals surface area contributed by atoms with Crippen molar-refractivity contribution in [2.45, 2.75) is 65.9 Å². The van der Waals surface area contributed by atoms with Gasteiger partial charge in [-0.05, 0) is 61.9 Å². The maximum atomic E-state index is 13.2. The summed E-state index contributed by atoms with van der Waals surface area (Å²) in [6, 6.07) is 15.0. The van der Waals surface area contributed by atoms with Crippen molar-refractivity contribution in [2.24, 2.45) is 5.92 Å². The molecule has 0 aliphatic heterocycles. The van der Waals surface area contributed by atoms with Crippen LogP contribution in [0.2, 0.25) is 0 Å². The molecule has 2 aromatic carbocycles. The lowest BCUT2D eigenvalue weighted by Gasteiger charge is -2.28. The number of amides is 2. The monoisotopic (exact) mass is 498 g/mol. The van der Waals surface area contributed by atoms with Crippen molar-refractivity contribution in [3.05, 3.63) is 59.7 Å². The first kappa shape index (κ1) is 29.2. The molecule has 2 aromatic rings. The molecule has 7 heteroatoms. The maximum Gasteiger partial charge on any atom is 0.333 e. The summed E-state index contributed by atoms with van der Waals surface area (Å²) in [4.78, 5) is 26.4. The number of aryl methyl sites for hydroxylation is 1. The van der Waals surface area contributed by atoms with Crippen LogP contribution in [0.25, 0.3) is 0 Å². The van der Waals surface area contributed by atoms with Gasteiger partial charge in [0.2, 0.25) is 0 Å². The molecule has 0 aromatic heterocycles. The van der Waals surface area contributed by atoms with E-state index >= 15 is 0 Å². The number of aliphatic carboxylic acids is 1. The van der Waals surface area contributed by atoms with Crippen molar-refractivity contribution in [2.75, 3.05) is 31.6 Å². The van der Waals surface area contributed by atoms with Gasteiger partial charge in [0.25, 0.3) is 0 Å². The Morgan fingerprint density at radius 2 is 1.67 bits per heavy atom. The normalized spacial score (nSPS) is 11.8. The minimum absolute atomic E-state index is 0.115. The van der Waals surface area contributed by atoms with E-state index in [0.717, 1.165) is 42.5 Å². The highest BCUT2D eigenvalue weighted by Gasteiger charge is 2.20. The SMILES string of the molecule is CCCC(CCC)CN(CCOc1ccc(CC(OCC)C(=O)O)cc1)C(=O)Nc1ccccc1C. The summed E-state index contributed by atoms with van der Waals surface area (Å²) in [6.45, 7) is 10.00. The maximum absolute atomic E-state index is 13.2. The molecular formula is C29H42N2O5. The minimum Gasteiger partial charge on any atom is -0.492 e. The van der Waals surface area contributed by atoms with Gasteiger partial charge in [-0.2, -0.15) is 0 Å². The van der Waals surface area contributed by atoms with E-state index in [1.54, 1.807) is 6.92 Å². The predicted octanol–water partition coefficient (Wildman–Crippen LogP) is 6.16. The third-order valence-electron chi connectivity index (χ3n) is 6.16. The Morgan fingerprint density at radius 1 is 1.00 bits per heavy atom. The lowest BCUT2D eigenvalue weighted by Crippen LogP contribution is -2.41. The predicted molar refractivity (Wildman–Crippen MR) is 144 cm³/mol. The average molecular weight is 499 g/mol. The first-order chi connectivity index (χ1) is 17.4. The molecule has 1 unspecified atom stereocenters. The highest BCUT2D eigenvalue weighted by molar-refractivity contribution is 5.90. The van der Waals surface area contributed by atoms with Gasteiger partial charge in [-0.1, -0.05) is 57.0 Å². The van der Waals surface area contributed by atoms with Crippen LogP contribution in [0.15, 0.2) is 48.5 Å². The van der Waals surface area contributed by atoms with Gasteiger partial charge in [0.1, 0.15) is 12.4 Å². The van der Waals surface area contributed by atoms with Crippen molar-refractivity contribution >= 4 is 17.7 Å². The number of para-hydroxylation sites is 1. The molecule has 1 atom stereocenters. The fraction of sp³-hybridized carbons (Fsp3) is 0.517. The van der Waals surface area contributed by atoms with E-state index in [4.69, 9.17) is 9.47 Å². The van der Waals surface area contributed by atoms with Crippen LogP contribution < -0.4 is 10.1 Å². The lowest BCUT2D eigenvalue weighted by atomic mass is 9.98. The summed E-state index contributed by atoms with van der Waals surface area (Å²) in [5.74, 6) is 0.167. The molecule has 0 saturated heterocycles. The van der Waals surface area contributed by atoms with Crippen LogP contribution >= 0.6 is 0 Å². The van der Waals surface area contributed by atoms with E-state index in [9.17, 15) is 14.7 Å². The highest BCUT2D eigenvalue weighted by Crippen LogP contribution is 2.19. The van der Waals surface area contributed by atoms with Crippen LogP contribution in [0, 0.1) is 12.8 Å². The average Bonchev–Trinajstić information content (AvgIpc) is 2.85. The van der Waals surface area contributed by atoms with Gasteiger partial charge >= 0.3 is 12.0 Å². The molecule has 7 nitrogen and oxygen atoms in total. The second-order valence-corrected chi connectivity index (χ2v) is 9.11. The van der Waals surface area contributed by atoms with E-state index in [2.05, 4.69) is 19.2 Å². The molecule has 2 rings (SSSR count). The van der Waals surface area contributed by atoms with Crippen LogP contribution in [-0.2, 0) is 16.0 Å². The number of nitrogens with zero attached hydrogens (tertiary/aromatic N) is 1. The first-order valence-electron chi connectivity index (χ1n) is 13.1. The number of hydrogen-bond acceptors (Lipinski definition) is 4. The van der Waals surface area contributed by atoms with E-state index in [1.807, 2.05) is 60.4 Å². The summed E-state index contributed by atoms with van der Waals surface area (Å²) in [6.07, 6.45) is 3.79. The molecule has 0 aliphatic carbocycles. The number of ether oxygens (including phenoxy) is 2. The number of rotatable bonds is 16. The zero-order valence-corrected chi connectivity index (χ0v) is 22.2. The standard InChI is InChI=1S/C29H42N2O5/c1-5-10-24(11-6-2)21-31(29(34)30-26-13-9-8-12-22(26)4)18-19-36-25-16-14-23(15-17-25)20-27(28(32)33)35-7-3/h8-9,12-17,24,27H,5-7,10-11,18-21H2,1-4H3,(H,30,34)(H,32,33). The Morgan fingerprint density at radius 3 is 2.25 bits per heavy atom. The quantitative estimate of drug-likeness (QED) is 0.289. The van der Waals surface area contributed by atoms with Crippen molar-refractivity contribution < 1.29 is 24.2 Å². The van der Waals surface area contributed by atoms with E-state index in [1.165, 1.54) is 0 Å². The molecule has 36 heavy (non-hydrogen) atoms. The summed E-state index contributed by atoms with van der Waals surface area (Å²) in [5, 5.41) is 12.3. The van der Waals surface area contributed by atoms with Crippen molar-refractivity contribution in [3.63, 3.8) is 0 Å². The van der Waals surface area contributed by atoms with Gasteiger partial charge in [0, 0.05) is 25.3 Å². The van der Waals surface area contributed by atoms with Crippen LogP contribution in [0.4, 0.5) is 10.5 Å². The fourth-order valence-electron chi connectivity index (χ4n) is 4.27. The molecule has 0 aliphatic rings. The number of carboxylic acids is 1. The van der Waals surface area contributed by atoms with Gasteiger partial charge in [0.15, 0.2) is 6.10 Å². The van der Waals surface area contributed by atoms with Crippen molar-refractivity contribution in [3.8, 4) is 5.75 Å². The first-order valence-corrected chi connectivity index (χ1v) is 13.1. The molecule has 0 saturated carbocycles. The zero-order valence-electron chi connectivity index (χ0n) is 22.2. The summed E-state index contributed by atoms with van der Waals surface area (Å²) < 4.78 is 11.2. The number of carbonyl (C=O) groups excluding carboxylic acids is 1. The molecular weight excluding hydrogens is 456 g/mol. The highest BCUT2D eigenvalue weighted by atomic mass is 16.5. The smallest absolute Gasteiger partial charge is 0.333 e. The van der Waals surface area contributed by atoms with Gasteiger partial charge in [0.05, 0.1) is 6.54 Å². The molecule has 0 fully saturated rings. The Bertz CT molecular complexity index is 926. The molecule has 0 spiro atoms. The number of carbonyl (C=O) groups is 2. The fourth-order valence-corrected chi connectivity index (χ4v) is 4.27. The van der Waals surface area contributed by atoms with E-state index in [-0.39, 0.29) is 6.03 Å². The van der Waals surface area contributed by atoms with Crippen molar-refractivity contribution in [1.29, 1.82) is 0 Å². The Kier molecular flexibility index (Phi) is 12.8. The molecule has 198 valence electrons. The number of nitrogens with one attached hydrogen (secondary N) is 1. The lowest BCUT2D eigenvalue weighted by molar-refractivity contribution is -0.149. The number of benzene rings is 2. The van der Waals surface area contributed by atoms with Gasteiger partial charge in [-0.15, -0.1) is 0 Å². The molecule has 0 bridgehead atoms. The summed E-state index contributed by atoms with van der Waals surface area (Å²) >= 11 is 0. The molecule has 2 amide bonds. The third-order valence-corrected chi connectivity index (χ3v) is 6.16. The Labute approximate surface area is 215 Å². The largest absolute Gasteiger partial charge is 0.492 e. The number of urea groups is 1. The van der Waals surface area contributed by atoms with Crippen LogP contribution in [0.5, 0.6) is 5.75 Å². The van der Waals surface area contributed by atoms with E-state index < -0.39 is 12.1 Å². The van der Waals surface area contributed by atoms with Crippen LogP contribution in [-0.4, -0.2) is 54.4 Å². The third kappa shape index (κ3) is 9.90.